The second kappa shape index (κ2) is 8.77. The molecule has 2 aromatic rings. The van der Waals surface area contributed by atoms with Gasteiger partial charge in [-0.25, -0.2) is 13.6 Å². The summed E-state index contributed by atoms with van der Waals surface area (Å²) < 4.78 is 26.9. The number of carbonyl (C=O) groups excluding carboxylic acids is 2. The minimum Gasteiger partial charge on any atom is -0.358 e. The van der Waals surface area contributed by atoms with Gasteiger partial charge < -0.3 is 16.0 Å². The average molecular weight is 347 g/mol. The van der Waals surface area contributed by atoms with Crippen LogP contribution in [0.3, 0.4) is 0 Å². The Hall–Kier alpha value is -2.96. The summed E-state index contributed by atoms with van der Waals surface area (Å²) in [6.45, 7) is -0.182. The monoisotopic (exact) mass is 347 g/mol. The molecule has 0 radical (unpaired) electrons. The molecule has 0 bridgehead atoms. The standard InChI is InChI=1S/C18H19F2N3O2/c1-21-17(24)11-22-18(25)23-16(13-5-3-7-15(20)10-13)9-12-4-2-6-14(19)8-12/h2-8,10,16H,9,11H2,1H3,(H,21,24)(H2,22,23,25)/t16-/m0/s1. The second-order valence-corrected chi connectivity index (χ2v) is 5.44. The number of hydrogen-bond acceptors (Lipinski definition) is 2. The maximum atomic E-state index is 13.5. The normalized spacial score (nSPS) is 11.5. The molecule has 0 heterocycles. The van der Waals surface area contributed by atoms with Crippen LogP contribution in [0.2, 0.25) is 0 Å². The Morgan fingerprint density at radius 2 is 1.72 bits per heavy atom. The van der Waals surface area contributed by atoms with E-state index in [2.05, 4.69) is 16.0 Å². The van der Waals surface area contributed by atoms with Crippen molar-refractivity contribution in [1.82, 2.24) is 16.0 Å². The van der Waals surface area contributed by atoms with Crippen LogP contribution in [0.5, 0.6) is 0 Å². The van der Waals surface area contributed by atoms with Crippen LogP contribution in [0.15, 0.2) is 48.5 Å². The molecule has 0 unspecified atom stereocenters. The summed E-state index contributed by atoms with van der Waals surface area (Å²) in [4.78, 5) is 23.2. The molecule has 2 aromatic carbocycles. The van der Waals surface area contributed by atoms with Crippen molar-refractivity contribution >= 4 is 11.9 Å². The zero-order valence-electron chi connectivity index (χ0n) is 13.7. The number of halogens is 2. The van der Waals surface area contributed by atoms with Gasteiger partial charge in [0.2, 0.25) is 5.91 Å². The summed E-state index contributed by atoms with van der Waals surface area (Å²) >= 11 is 0. The van der Waals surface area contributed by atoms with Crippen molar-refractivity contribution in [3.8, 4) is 0 Å². The van der Waals surface area contributed by atoms with Crippen molar-refractivity contribution in [2.75, 3.05) is 13.6 Å². The third kappa shape index (κ3) is 5.87. The number of carbonyl (C=O) groups is 2. The summed E-state index contributed by atoms with van der Waals surface area (Å²) in [7, 11) is 1.46. The van der Waals surface area contributed by atoms with Gasteiger partial charge in [0.15, 0.2) is 0 Å². The Balaban J connectivity index is 2.14. The molecule has 7 heteroatoms. The van der Waals surface area contributed by atoms with Crippen LogP contribution in [0.4, 0.5) is 13.6 Å². The van der Waals surface area contributed by atoms with Crippen LogP contribution in [0, 0.1) is 11.6 Å². The van der Waals surface area contributed by atoms with E-state index < -0.39 is 17.9 Å². The number of benzene rings is 2. The van der Waals surface area contributed by atoms with Crippen molar-refractivity contribution in [3.05, 3.63) is 71.3 Å². The molecule has 0 aliphatic rings. The van der Waals surface area contributed by atoms with E-state index in [0.29, 0.717) is 11.1 Å². The van der Waals surface area contributed by atoms with Crippen LogP contribution in [0.25, 0.3) is 0 Å². The smallest absolute Gasteiger partial charge is 0.315 e. The Morgan fingerprint density at radius 3 is 2.36 bits per heavy atom. The molecule has 25 heavy (non-hydrogen) atoms. The summed E-state index contributed by atoms with van der Waals surface area (Å²) in [6.07, 6.45) is 0.272. The minimum atomic E-state index is -0.581. The Morgan fingerprint density at radius 1 is 1.04 bits per heavy atom. The summed E-state index contributed by atoms with van der Waals surface area (Å²) in [5.41, 5.74) is 1.19. The molecule has 0 aliphatic heterocycles. The van der Waals surface area contributed by atoms with Crippen LogP contribution in [0.1, 0.15) is 17.2 Å². The van der Waals surface area contributed by atoms with E-state index in [1.807, 2.05) is 0 Å². The molecular formula is C18H19F2N3O2. The number of amides is 3. The van der Waals surface area contributed by atoms with E-state index in [9.17, 15) is 18.4 Å². The van der Waals surface area contributed by atoms with Gasteiger partial charge in [-0.15, -0.1) is 0 Å². The lowest BCUT2D eigenvalue weighted by Crippen LogP contribution is -2.43. The number of urea groups is 1. The average Bonchev–Trinajstić information content (AvgIpc) is 2.59. The first-order chi connectivity index (χ1) is 12.0. The fraction of sp³-hybridized carbons (Fsp3) is 0.222. The van der Waals surface area contributed by atoms with Crippen molar-refractivity contribution in [3.63, 3.8) is 0 Å². The lowest BCUT2D eigenvalue weighted by molar-refractivity contribution is -0.119. The Labute approximate surface area is 144 Å². The SMILES string of the molecule is CNC(=O)CNC(=O)N[C@@H](Cc1cccc(F)c1)c1cccc(F)c1. The lowest BCUT2D eigenvalue weighted by Gasteiger charge is -2.20. The minimum absolute atomic E-state index is 0.182. The van der Waals surface area contributed by atoms with Crippen LogP contribution >= 0.6 is 0 Å². The highest BCUT2D eigenvalue weighted by molar-refractivity contribution is 5.83. The Kier molecular flexibility index (Phi) is 6.45. The summed E-state index contributed by atoms with van der Waals surface area (Å²) in [5, 5.41) is 7.49. The van der Waals surface area contributed by atoms with Crippen molar-refractivity contribution in [1.29, 1.82) is 0 Å². The molecule has 3 N–H and O–H groups in total. The Bertz CT molecular complexity index is 753. The maximum absolute atomic E-state index is 13.5. The first-order valence-electron chi connectivity index (χ1n) is 7.73. The van der Waals surface area contributed by atoms with Crippen molar-refractivity contribution in [2.24, 2.45) is 0 Å². The van der Waals surface area contributed by atoms with E-state index in [0.717, 1.165) is 0 Å². The van der Waals surface area contributed by atoms with Gasteiger partial charge in [0.1, 0.15) is 11.6 Å². The van der Waals surface area contributed by atoms with E-state index in [1.165, 1.54) is 37.4 Å². The van der Waals surface area contributed by atoms with Gasteiger partial charge in [-0.1, -0.05) is 24.3 Å². The highest BCUT2D eigenvalue weighted by Gasteiger charge is 2.16. The van der Waals surface area contributed by atoms with Gasteiger partial charge in [0, 0.05) is 7.05 Å². The largest absolute Gasteiger partial charge is 0.358 e. The predicted octanol–water partition coefficient (Wildman–Crippen LogP) is 2.29. The second-order valence-electron chi connectivity index (χ2n) is 5.44. The fourth-order valence-electron chi connectivity index (χ4n) is 2.33. The molecule has 132 valence electrons. The molecule has 2 rings (SSSR count). The van der Waals surface area contributed by atoms with E-state index in [1.54, 1.807) is 18.2 Å². The van der Waals surface area contributed by atoms with Gasteiger partial charge in [0.05, 0.1) is 12.6 Å². The molecule has 3 amide bonds. The molecule has 0 fully saturated rings. The number of likely N-dealkylation sites (N-methyl/N-ethyl adjacent to an activating group) is 1. The quantitative estimate of drug-likeness (QED) is 0.750. The highest BCUT2D eigenvalue weighted by atomic mass is 19.1. The van der Waals surface area contributed by atoms with Gasteiger partial charge in [-0.05, 0) is 41.8 Å². The van der Waals surface area contributed by atoms with Crippen LogP contribution in [-0.2, 0) is 11.2 Å². The molecular weight excluding hydrogens is 328 g/mol. The molecule has 0 spiro atoms. The van der Waals surface area contributed by atoms with Gasteiger partial charge in [-0.3, -0.25) is 4.79 Å². The first kappa shape index (κ1) is 18.4. The van der Waals surface area contributed by atoms with Gasteiger partial charge >= 0.3 is 6.03 Å². The predicted molar refractivity (Wildman–Crippen MR) is 89.8 cm³/mol. The van der Waals surface area contributed by atoms with Crippen LogP contribution in [-0.4, -0.2) is 25.5 Å². The van der Waals surface area contributed by atoms with Gasteiger partial charge in [0.25, 0.3) is 0 Å². The molecule has 5 nitrogen and oxygen atoms in total. The molecule has 0 aliphatic carbocycles. The summed E-state index contributed by atoms with van der Waals surface area (Å²) in [5.74, 6) is -1.17. The fourth-order valence-corrected chi connectivity index (χ4v) is 2.33. The number of rotatable bonds is 6. The van der Waals surface area contributed by atoms with E-state index in [-0.39, 0.29) is 24.7 Å². The summed E-state index contributed by atoms with van der Waals surface area (Å²) in [6, 6.07) is 10.6. The topological polar surface area (TPSA) is 70.2 Å². The zero-order chi connectivity index (χ0) is 18.2. The molecule has 0 saturated carbocycles. The molecule has 0 saturated heterocycles. The van der Waals surface area contributed by atoms with Crippen molar-refractivity contribution < 1.29 is 18.4 Å². The molecule has 0 aromatic heterocycles. The van der Waals surface area contributed by atoms with Crippen LogP contribution < -0.4 is 16.0 Å². The van der Waals surface area contributed by atoms with Crippen molar-refractivity contribution in [2.45, 2.75) is 12.5 Å². The lowest BCUT2D eigenvalue weighted by atomic mass is 9.99. The van der Waals surface area contributed by atoms with E-state index >= 15 is 0 Å². The number of hydrogen-bond donors (Lipinski definition) is 3. The third-order valence-electron chi connectivity index (χ3n) is 3.57. The first-order valence-corrected chi connectivity index (χ1v) is 7.73. The highest BCUT2D eigenvalue weighted by Crippen LogP contribution is 2.20. The third-order valence-corrected chi connectivity index (χ3v) is 3.57. The number of nitrogens with one attached hydrogen (secondary N) is 3. The maximum Gasteiger partial charge on any atom is 0.315 e. The van der Waals surface area contributed by atoms with Gasteiger partial charge in [-0.2, -0.15) is 0 Å². The zero-order valence-corrected chi connectivity index (χ0v) is 13.7. The molecule has 1 atom stereocenters. The van der Waals surface area contributed by atoms with E-state index in [4.69, 9.17) is 0 Å².